The summed E-state index contributed by atoms with van der Waals surface area (Å²) in [6.45, 7) is 7.58. The Morgan fingerprint density at radius 2 is 1.84 bits per heavy atom. The van der Waals surface area contributed by atoms with E-state index in [9.17, 15) is 14.7 Å². The molecule has 1 aromatic heterocycles. The first kappa shape index (κ1) is 17.4. The van der Waals surface area contributed by atoms with Gasteiger partial charge >= 0.3 is 5.97 Å². The molecule has 3 heterocycles. The summed E-state index contributed by atoms with van der Waals surface area (Å²) in [5, 5.41) is 9.79. The van der Waals surface area contributed by atoms with Crippen molar-refractivity contribution in [2.75, 3.05) is 26.2 Å². The highest BCUT2D eigenvalue weighted by molar-refractivity contribution is 7.77. The van der Waals surface area contributed by atoms with Crippen LogP contribution in [-0.2, 0) is 12.8 Å². The van der Waals surface area contributed by atoms with Crippen molar-refractivity contribution in [3.05, 3.63) is 20.9 Å². The van der Waals surface area contributed by atoms with E-state index >= 15 is 0 Å². The van der Waals surface area contributed by atoms with Crippen LogP contribution in [0.5, 0.6) is 0 Å². The molecule has 3 aliphatic rings. The number of carboxylic acids is 1. The Morgan fingerprint density at radius 1 is 1.20 bits per heavy atom. The molecule has 1 aromatic rings. The number of rotatable bonds is 2. The molecular weight excluding hydrogens is 356 g/mol. The Labute approximate surface area is 157 Å². The maximum Gasteiger partial charge on any atom is 0.337 e. The van der Waals surface area contributed by atoms with E-state index in [1.54, 1.807) is 0 Å². The van der Waals surface area contributed by atoms with Crippen LogP contribution in [0.4, 0.5) is 0 Å². The van der Waals surface area contributed by atoms with Crippen molar-refractivity contribution in [1.82, 2.24) is 9.21 Å². The fourth-order valence-electron chi connectivity index (χ4n) is 4.57. The summed E-state index contributed by atoms with van der Waals surface area (Å²) in [5.41, 5.74) is 1.27. The van der Waals surface area contributed by atoms with Gasteiger partial charge in [-0.1, -0.05) is 26.7 Å². The highest BCUT2D eigenvalue weighted by atomic mass is 32.1. The summed E-state index contributed by atoms with van der Waals surface area (Å²) in [6, 6.07) is 0. The van der Waals surface area contributed by atoms with Crippen LogP contribution in [0, 0.1) is 17.3 Å². The number of aryl methyl sites for hydroxylation is 1. The minimum Gasteiger partial charge on any atom is -0.478 e. The first-order chi connectivity index (χ1) is 11.7. The van der Waals surface area contributed by atoms with Crippen molar-refractivity contribution in [2.24, 2.45) is 17.3 Å². The Morgan fingerprint density at radius 3 is 2.44 bits per heavy atom. The van der Waals surface area contributed by atoms with Crippen LogP contribution >= 0.6 is 24.2 Å². The van der Waals surface area contributed by atoms with Crippen molar-refractivity contribution in [3.63, 3.8) is 0 Å². The van der Waals surface area contributed by atoms with Gasteiger partial charge < -0.3 is 10.0 Å². The normalized spacial score (nSPS) is 28.0. The smallest absolute Gasteiger partial charge is 0.337 e. The summed E-state index contributed by atoms with van der Waals surface area (Å²) in [7, 11) is 0. The lowest BCUT2D eigenvalue weighted by Gasteiger charge is -2.29. The molecule has 25 heavy (non-hydrogen) atoms. The number of carboxylic acid groups (broad SMARTS) is 1. The number of carbonyl (C=O) groups excluding carboxylic acids is 1. The number of hydrogen-bond donors (Lipinski definition) is 2. The maximum absolute atomic E-state index is 13.1. The lowest BCUT2D eigenvalue weighted by molar-refractivity contribution is 0.0679. The van der Waals surface area contributed by atoms with E-state index in [-0.39, 0.29) is 16.9 Å². The zero-order chi connectivity index (χ0) is 17.9. The van der Waals surface area contributed by atoms with Gasteiger partial charge in [-0.3, -0.25) is 9.10 Å². The minimum absolute atomic E-state index is 0.0882. The molecule has 5 nitrogen and oxygen atoms in total. The van der Waals surface area contributed by atoms with E-state index in [1.165, 1.54) is 11.3 Å². The monoisotopic (exact) mass is 380 g/mol. The quantitative estimate of drug-likeness (QED) is 0.775. The molecule has 1 amide bonds. The Balaban J connectivity index is 1.64. The molecule has 0 aromatic carbocycles. The van der Waals surface area contributed by atoms with Crippen LogP contribution < -0.4 is 0 Å². The van der Waals surface area contributed by atoms with E-state index in [0.717, 1.165) is 42.8 Å². The van der Waals surface area contributed by atoms with Gasteiger partial charge in [-0.15, -0.1) is 11.3 Å². The second kappa shape index (κ2) is 5.99. The third-order valence-electron chi connectivity index (χ3n) is 5.94. The van der Waals surface area contributed by atoms with Crippen LogP contribution in [0.15, 0.2) is 0 Å². The van der Waals surface area contributed by atoms with Gasteiger partial charge in [0.15, 0.2) is 0 Å². The second-order valence-electron chi connectivity index (χ2n) is 8.46. The number of nitrogens with zero attached hydrogens (tertiary/aromatic N) is 2. The van der Waals surface area contributed by atoms with Crippen LogP contribution in [0.1, 0.15) is 50.7 Å². The summed E-state index contributed by atoms with van der Waals surface area (Å²) >= 11 is 5.83. The number of amides is 1. The molecule has 136 valence electrons. The van der Waals surface area contributed by atoms with E-state index in [2.05, 4.69) is 26.7 Å². The van der Waals surface area contributed by atoms with Crippen molar-refractivity contribution in [3.8, 4) is 0 Å². The first-order valence-electron chi connectivity index (χ1n) is 8.86. The molecule has 0 spiro atoms. The van der Waals surface area contributed by atoms with Gasteiger partial charge in [-0.2, -0.15) is 0 Å². The van der Waals surface area contributed by atoms with Crippen LogP contribution in [-0.4, -0.2) is 52.4 Å². The molecule has 2 saturated heterocycles. The SMILES string of the molecule is CC1(C)CCc2sc(C(=O)N3CC4CN(S)CC4C3)c(C(=O)O)c2C1. The van der Waals surface area contributed by atoms with Crippen LogP contribution in [0.3, 0.4) is 0 Å². The fraction of sp³-hybridized carbons (Fsp3) is 0.667. The zero-order valence-corrected chi connectivity index (χ0v) is 16.3. The first-order valence-corrected chi connectivity index (χ1v) is 10.1. The molecule has 0 radical (unpaired) electrons. The summed E-state index contributed by atoms with van der Waals surface area (Å²) in [6.07, 6.45) is 2.66. The molecule has 1 aliphatic carbocycles. The number of likely N-dealkylation sites (tertiary alicyclic amines) is 1. The van der Waals surface area contributed by atoms with Crippen molar-refractivity contribution in [1.29, 1.82) is 0 Å². The van der Waals surface area contributed by atoms with Gasteiger partial charge in [0.1, 0.15) is 4.88 Å². The molecule has 2 fully saturated rings. The number of hydrogen-bond acceptors (Lipinski definition) is 5. The molecular formula is C18H24N2O3S2. The lowest BCUT2D eigenvalue weighted by Crippen LogP contribution is -2.32. The number of thiophene rings is 1. The highest BCUT2D eigenvalue weighted by Gasteiger charge is 2.43. The molecule has 7 heteroatoms. The van der Waals surface area contributed by atoms with E-state index in [1.807, 2.05) is 9.21 Å². The van der Waals surface area contributed by atoms with Gasteiger partial charge in [-0.05, 0) is 42.1 Å². The fourth-order valence-corrected chi connectivity index (χ4v) is 6.27. The van der Waals surface area contributed by atoms with Crippen molar-refractivity contribution < 1.29 is 14.7 Å². The molecule has 2 atom stereocenters. The maximum atomic E-state index is 13.1. The average Bonchev–Trinajstić information content (AvgIpc) is 3.15. The van der Waals surface area contributed by atoms with Crippen LogP contribution in [0.2, 0.25) is 0 Å². The van der Waals surface area contributed by atoms with Crippen LogP contribution in [0.25, 0.3) is 0 Å². The number of fused-ring (bicyclic) bond motifs is 2. The Kier molecular flexibility index (Phi) is 4.16. The standard InChI is InChI=1S/C18H24N2O3S2/c1-18(2)4-3-13-12(5-18)14(17(22)23)15(25-13)16(21)19-6-10-8-20(24)9-11(10)7-19/h10-11,24H,3-9H2,1-2H3,(H,22,23). The topological polar surface area (TPSA) is 60.9 Å². The molecule has 2 aliphatic heterocycles. The summed E-state index contributed by atoms with van der Waals surface area (Å²) in [5.74, 6) is -0.124. The molecule has 1 N–H and O–H groups in total. The largest absolute Gasteiger partial charge is 0.478 e. The molecule has 0 saturated carbocycles. The third-order valence-corrected chi connectivity index (χ3v) is 7.54. The van der Waals surface area contributed by atoms with Gasteiger partial charge in [0, 0.05) is 31.1 Å². The highest BCUT2D eigenvalue weighted by Crippen LogP contribution is 2.42. The third kappa shape index (κ3) is 3.00. The molecule has 0 bridgehead atoms. The van der Waals surface area contributed by atoms with E-state index in [0.29, 0.717) is 29.8 Å². The van der Waals surface area contributed by atoms with Gasteiger partial charge in [0.25, 0.3) is 5.91 Å². The van der Waals surface area contributed by atoms with Gasteiger partial charge in [0.05, 0.1) is 5.56 Å². The predicted molar refractivity (Wildman–Crippen MR) is 101 cm³/mol. The Bertz CT molecular complexity index is 729. The predicted octanol–water partition coefficient (Wildman–Crippen LogP) is 2.81. The van der Waals surface area contributed by atoms with Gasteiger partial charge in [-0.25, -0.2) is 4.79 Å². The van der Waals surface area contributed by atoms with E-state index in [4.69, 9.17) is 0 Å². The van der Waals surface area contributed by atoms with Crippen molar-refractivity contribution >= 4 is 36.0 Å². The number of aromatic carboxylic acids is 1. The summed E-state index contributed by atoms with van der Waals surface area (Å²) < 4.78 is 2.02. The summed E-state index contributed by atoms with van der Waals surface area (Å²) in [4.78, 5) is 28.5. The molecule has 2 unspecified atom stereocenters. The Hall–Kier alpha value is -1.05. The lowest BCUT2D eigenvalue weighted by atomic mass is 9.76. The zero-order valence-electron chi connectivity index (χ0n) is 14.6. The van der Waals surface area contributed by atoms with Gasteiger partial charge in [0.2, 0.25) is 0 Å². The number of carbonyl (C=O) groups is 2. The molecule has 4 rings (SSSR count). The van der Waals surface area contributed by atoms with E-state index < -0.39 is 5.97 Å². The minimum atomic E-state index is -0.959. The van der Waals surface area contributed by atoms with Crippen molar-refractivity contribution in [2.45, 2.75) is 33.1 Å². The average molecular weight is 381 g/mol. The second-order valence-corrected chi connectivity index (χ2v) is 10.1. The number of thiol groups is 1.